The molecule has 2 aliphatic heterocycles. The lowest BCUT2D eigenvalue weighted by Gasteiger charge is -2.36. The normalized spacial score (nSPS) is 20.6. The van der Waals surface area contributed by atoms with Gasteiger partial charge in [-0.25, -0.2) is 0 Å². The average molecular weight is 392 g/mol. The van der Waals surface area contributed by atoms with Crippen LogP contribution < -0.4 is 10.6 Å². The number of sulfonamides is 1. The van der Waals surface area contributed by atoms with E-state index < -0.39 is 16.1 Å². The zero-order valence-corrected chi connectivity index (χ0v) is 16.1. The Hall–Kier alpha value is -2.42. The van der Waals surface area contributed by atoms with Gasteiger partial charge >= 0.3 is 0 Å². The molecule has 1 fully saturated rings. The fourth-order valence-corrected chi connectivity index (χ4v) is 4.58. The second-order valence-electron chi connectivity index (χ2n) is 6.66. The highest BCUT2D eigenvalue weighted by atomic mass is 32.2. The van der Waals surface area contributed by atoms with E-state index in [0.717, 1.165) is 19.3 Å². The van der Waals surface area contributed by atoms with Crippen LogP contribution >= 0.6 is 0 Å². The van der Waals surface area contributed by atoms with Crippen molar-refractivity contribution in [3.05, 3.63) is 29.8 Å². The van der Waals surface area contributed by atoms with Gasteiger partial charge in [-0.1, -0.05) is 19.1 Å². The van der Waals surface area contributed by atoms with Crippen molar-refractivity contribution in [3.63, 3.8) is 0 Å². The summed E-state index contributed by atoms with van der Waals surface area (Å²) in [4.78, 5) is 26.3. The predicted octanol–water partition coefficient (Wildman–Crippen LogP) is 0.632. The minimum Gasteiger partial charge on any atom is -0.355 e. The molecule has 0 saturated carbocycles. The van der Waals surface area contributed by atoms with Crippen molar-refractivity contribution in [1.29, 1.82) is 0 Å². The van der Waals surface area contributed by atoms with Gasteiger partial charge in [-0.15, -0.1) is 4.40 Å². The molecule has 1 aromatic rings. The minimum absolute atomic E-state index is 0.0927. The Morgan fingerprint density at radius 2 is 2.00 bits per heavy atom. The van der Waals surface area contributed by atoms with Crippen molar-refractivity contribution in [3.8, 4) is 0 Å². The largest absolute Gasteiger partial charge is 0.355 e. The maximum absolute atomic E-state index is 12.7. The first-order valence-electron chi connectivity index (χ1n) is 9.19. The van der Waals surface area contributed by atoms with E-state index in [0.29, 0.717) is 30.9 Å². The molecule has 1 saturated heterocycles. The maximum atomic E-state index is 12.7. The summed E-state index contributed by atoms with van der Waals surface area (Å²) >= 11 is 0. The summed E-state index contributed by atoms with van der Waals surface area (Å²) in [5, 5.41) is 5.37. The van der Waals surface area contributed by atoms with E-state index in [2.05, 4.69) is 15.0 Å². The van der Waals surface area contributed by atoms with Crippen LogP contribution in [0.15, 0.2) is 33.6 Å². The highest BCUT2D eigenvalue weighted by molar-refractivity contribution is 7.90. The van der Waals surface area contributed by atoms with Gasteiger partial charge in [-0.05, 0) is 37.8 Å². The lowest BCUT2D eigenvalue weighted by atomic mass is 9.99. The molecule has 27 heavy (non-hydrogen) atoms. The summed E-state index contributed by atoms with van der Waals surface area (Å²) in [7, 11) is -3.74. The standard InChI is InChI=1S/C18H24N4O4S/c1-2-10-19-16(23)12-20-18(24)14-8-5-6-11-22(14)17-13-7-3-4-9-15(13)27(25,26)21-17/h3-4,7,9,14H,2,5-6,8,10-12H2,1H3,(H,19,23)(H,20,24)/t14-/m0/s1. The third-order valence-corrected chi connectivity index (χ3v) is 6.01. The average Bonchev–Trinajstić information content (AvgIpc) is 2.95. The van der Waals surface area contributed by atoms with Gasteiger partial charge in [-0.3, -0.25) is 9.59 Å². The zero-order valence-electron chi connectivity index (χ0n) is 15.3. The van der Waals surface area contributed by atoms with Gasteiger partial charge in [0.15, 0.2) is 5.84 Å². The summed E-state index contributed by atoms with van der Waals surface area (Å²) in [5.74, 6) is -0.203. The van der Waals surface area contributed by atoms with E-state index in [1.807, 2.05) is 6.92 Å². The van der Waals surface area contributed by atoms with Crippen molar-refractivity contribution < 1.29 is 18.0 Å². The molecule has 0 aliphatic carbocycles. The number of nitrogens with zero attached hydrogens (tertiary/aromatic N) is 2. The molecule has 0 spiro atoms. The molecule has 1 aromatic carbocycles. The number of likely N-dealkylation sites (tertiary alicyclic amines) is 1. The summed E-state index contributed by atoms with van der Waals surface area (Å²) in [6, 6.07) is 6.10. The van der Waals surface area contributed by atoms with E-state index >= 15 is 0 Å². The molecule has 146 valence electrons. The summed E-state index contributed by atoms with van der Waals surface area (Å²) in [6.45, 7) is 2.97. The maximum Gasteiger partial charge on any atom is 0.285 e. The van der Waals surface area contributed by atoms with Crippen molar-refractivity contribution in [1.82, 2.24) is 15.5 Å². The second-order valence-corrected chi connectivity index (χ2v) is 8.23. The number of piperidine rings is 1. The molecule has 2 N–H and O–H groups in total. The Morgan fingerprint density at radius 3 is 2.78 bits per heavy atom. The summed E-state index contributed by atoms with van der Waals surface area (Å²) < 4.78 is 28.6. The van der Waals surface area contributed by atoms with Crippen LogP contribution in [0.5, 0.6) is 0 Å². The van der Waals surface area contributed by atoms with Gasteiger partial charge in [-0.2, -0.15) is 8.42 Å². The quantitative estimate of drug-likeness (QED) is 0.764. The van der Waals surface area contributed by atoms with Gasteiger partial charge < -0.3 is 15.5 Å². The molecule has 0 aromatic heterocycles. The molecular formula is C18H24N4O4S. The number of hydrogen-bond acceptors (Lipinski definition) is 5. The number of fused-ring (bicyclic) bond motifs is 1. The number of hydrogen-bond donors (Lipinski definition) is 2. The van der Waals surface area contributed by atoms with Crippen LogP contribution in [-0.4, -0.2) is 56.6 Å². The Kier molecular flexibility index (Phi) is 5.79. The van der Waals surface area contributed by atoms with E-state index in [1.54, 1.807) is 23.1 Å². The topological polar surface area (TPSA) is 108 Å². The van der Waals surface area contributed by atoms with Gasteiger partial charge in [0.2, 0.25) is 11.8 Å². The first kappa shape index (κ1) is 19.3. The minimum atomic E-state index is -3.74. The van der Waals surface area contributed by atoms with Gasteiger partial charge in [0.25, 0.3) is 10.0 Å². The molecular weight excluding hydrogens is 368 g/mol. The number of amides is 2. The fraction of sp³-hybridized carbons (Fsp3) is 0.500. The lowest BCUT2D eigenvalue weighted by molar-refractivity contribution is -0.129. The number of benzene rings is 1. The summed E-state index contributed by atoms with van der Waals surface area (Å²) in [5.41, 5.74) is 0.526. The molecule has 8 nitrogen and oxygen atoms in total. The number of rotatable bonds is 5. The molecule has 0 radical (unpaired) electrons. The molecule has 0 bridgehead atoms. The van der Waals surface area contributed by atoms with Crippen LogP contribution in [-0.2, 0) is 19.6 Å². The number of carbonyl (C=O) groups excluding carboxylic acids is 2. The van der Waals surface area contributed by atoms with Crippen molar-refractivity contribution in [2.75, 3.05) is 19.6 Å². The monoisotopic (exact) mass is 392 g/mol. The molecule has 2 aliphatic rings. The summed E-state index contributed by atoms with van der Waals surface area (Å²) in [6.07, 6.45) is 3.12. The third-order valence-electron chi connectivity index (χ3n) is 4.69. The van der Waals surface area contributed by atoms with Crippen LogP contribution in [0, 0.1) is 0 Å². The van der Waals surface area contributed by atoms with Gasteiger partial charge in [0, 0.05) is 18.7 Å². The highest BCUT2D eigenvalue weighted by Crippen LogP contribution is 2.30. The van der Waals surface area contributed by atoms with E-state index in [4.69, 9.17) is 0 Å². The van der Waals surface area contributed by atoms with E-state index in [9.17, 15) is 18.0 Å². The van der Waals surface area contributed by atoms with Gasteiger partial charge in [0.1, 0.15) is 10.9 Å². The molecule has 9 heteroatoms. The molecule has 2 amide bonds. The lowest BCUT2D eigenvalue weighted by Crippen LogP contribution is -2.53. The van der Waals surface area contributed by atoms with E-state index in [1.165, 1.54) is 6.07 Å². The molecule has 1 atom stereocenters. The van der Waals surface area contributed by atoms with E-state index in [-0.39, 0.29) is 23.3 Å². The smallest absolute Gasteiger partial charge is 0.285 e. The Labute approximate surface area is 159 Å². The van der Waals surface area contributed by atoms with Crippen molar-refractivity contribution in [2.45, 2.75) is 43.5 Å². The number of carbonyl (C=O) groups is 2. The third kappa shape index (κ3) is 4.13. The number of amidine groups is 1. The van der Waals surface area contributed by atoms with Crippen LogP contribution in [0.3, 0.4) is 0 Å². The molecule has 2 heterocycles. The van der Waals surface area contributed by atoms with Gasteiger partial charge in [0.05, 0.1) is 6.54 Å². The first-order chi connectivity index (χ1) is 12.9. The predicted molar refractivity (Wildman–Crippen MR) is 101 cm³/mol. The van der Waals surface area contributed by atoms with Crippen molar-refractivity contribution in [2.24, 2.45) is 4.40 Å². The zero-order chi connectivity index (χ0) is 19.4. The Morgan fingerprint density at radius 1 is 1.22 bits per heavy atom. The molecule has 0 unspecified atom stereocenters. The van der Waals surface area contributed by atoms with Crippen LogP contribution in [0.2, 0.25) is 0 Å². The van der Waals surface area contributed by atoms with Crippen LogP contribution in [0.25, 0.3) is 0 Å². The van der Waals surface area contributed by atoms with Crippen LogP contribution in [0.4, 0.5) is 0 Å². The number of nitrogens with one attached hydrogen (secondary N) is 2. The second kappa shape index (κ2) is 8.08. The Balaban J connectivity index is 1.77. The van der Waals surface area contributed by atoms with Crippen molar-refractivity contribution >= 4 is 27.7 Å². The SMILES string of the molecule is CCCNC(=O)CNC(=O)[C@@H]1CCCCN1C1=NS(=O)(=O)c2ccccc21. The fourth-order valence-electron chi connectivity index (χ4n) is 3.37. The first-order valence-corrected chi connectivity index (χ1v) is 10.6. The van der Waals surface area contributed by atoms with Crippen LogP contribution in [0.1, 0.15) is 38.2 Å². The highest BCUT2D eigenvalue weighted by Gasteiger charge is 2.37. The molecule has 3 rings (SSSR count). The Bertz CT molecular complexity index is 866.